The molecule has 5 heteroatoms. The smallest absolute Gasteiger partial charge is 0.231 e. The minimum Gasteiger partial charge on any atom is -0.497 e. The summed E-state index contributed by atoms with van der Waals surface area (Å²) in [5.74, 6) is 0.536. The molecule has 0 spiro atoms. The standard InChI is InChI=1S/C14H19NO4/c1-9(2)12(16)8-14(17)15-11-6-5-10(18-3)7-13(11)19-4/h5-7,9H,8H2,1-4H3,(H,15,17). The topological polar surface area (TPSA) is 64.6 Å². The van der Waals surface area contributed by atoms with Crippen LogP contribution in [0.4, 0.5) is 5.69 Å². The zero-order valence-electron chi connectivity index (χ0n) is 11.6. The van der Waals surface area contributed by atoms with Crippen LogP contribution in [0.5, 0.6) is 11.5 Å². The van der Waals surface area contributed by atoms with E-state index in [9.17, 15) is 9.59 Å². The number of carbonyl (C=O) groups excluding carboxylic acids is 2. The van der Waals surface area contributed by atoms with Crippen LogP contribution < -0.4 is 14.8 Å². The number of hydrogen-bond acceptors (Lipinski definition) is 4. The molecule has 0 radical (unpaired) electrons. The van der Waals surface area contributed by atoms with Crippen LogP contribution in [-0.4, -0.2) is 25.9 Å². The van der Waals surface area contributed by atoms with Gasteiger partial charge in [0.25, 0.3) is 0 Å². The van der Waals surface area contributed by atoms with Crippen LogP contribution >= 0.6 is 0 Å². The quantitative estimate of drug-likeness (QED) is 0.801. The summed E-state index contributed by atoms with van der Waals surface area (Å²) in [6.07, 6.45) is -0.132. The Kier molecular flexibility index (Phi) is 5.36. The maximum atomic E-state index is 11.7. The second kappa shape index (κ2) is 6.78. The molecule has 0 aliphatic carbocycles. The largest absolute Gasteiger partial charge is 0.497 e. The van der Waals surface area contributed by atoms with Gasteiger partial charge in [-0.15, -0.1) is 0 Å². The van der Waals surface area contributed by atoms with Gasteiger partial charge < -0.3 is 14.8 Å². The Morgan fingerprint density at radius 1 is 1.21 bits per heavy atom. The molecule has 0 aliphatic heterocycles. The van der Waals surface area contributed by atoms with Gasteiger partial charge in [-0.2, -0.15) is 0 Å². The highest BCUT2D eigenvalue weighted by Crippen LogP contribution is 2.29. The predicted octanol–water partition coefficient (Wildman–Crippen LogP) is 2.26. The summed E-state index contributed by atoms with van der Waals surface area (Å²) in [6.45, 7) is 3.53. The summed E-state index contributed by atoms with van der Waals surface area (Å²) in [6, 6.07) is 5.05. The van der Waals surface area contributed by atoms with Gasteiger partial charge in [0.2, 0.25) is 5.91 Å². The zero-order chi connectivity index (χ0) is 14.4. The van der Waals surface area contributed by atoms with Crippen molar-refractivity contribution in [1.82, 2.24) is 0 Å². The summed E-state index contributed by atoms with van der Waals surface area (Å²) < 4.78 is 10.2. The van der Waals surface area contributed by atoms with E-state index in [0.717, 1.165) is 0 Å². The first-order valence-electron chi connectivity index (χ1n) is 6.02. The molecule has 1 amide bonds. The van der Waals surface area contributed by atoms with E-state index in [0.29, 0.717) is 17.2 Å². The first-order chi connectivity index (χ1) is 8.97. The molecule has 0 aliphatic rings. The maximum Gasteiger partial charge on any atom is 0.231 e. The fourth-order valence-electron chi connectivity index (χ4n) is 1.46. The van der Waals surface area contributed by atoms with Crippen molar-refractivity contribution in [1.29, 1.82) is 0 Å². The second-order valence-electron chi connectivity index (χ2n) is 4.41. The summed E-state index contributed by atoms with van der Waals surface area (Å²) in [5.41, 5.74) is 0.518. The van der Waals surface area contributed by atoms with Gasteiger partial charge in [-0.1, -0.05) is 13.8 Å². The van der Waals surface area contributed by atoms with Gasteiger partial charge in [-0.05, 0) is 12.1 Å². The van der Waals surface area contributed by atoms with Crippen molar-refractivity contribution in [3.8, 4) is 11.5 Å². The first-order valence-corrected chi connectivity index (χ1v) is 6.02. The average Bonchev–Trinajstić information content (AvgIpc) is 2.38. The highest BCUT2D eigenvalue weighted by atomic mass is 16.5. The van der Waals surface area contributed by atoms with Crippen molar-refractivity contribution in [3.63, 3.8) is 0 Å². The minimum absolute atomic E-state index is 0.0926. The number of ether oxygens (including phenoxy) is 2. The molecular formula is C14H19NO4. The molecule has 0 fully saturated rings. The van der Waals surface area contributed by atoms with Crippen LogP contribution in [0.25, 0.3) is 0 Å². The number of hydrogen-bond donors (Lipinski definition) is 1. The van der Waals surface area contributed by atoms with Crippen molar-refractivity contribution < 1.29 is 19.1 Å². The summed E-state index contributed by atoms with van der Waals surface area (Å²) >= 11 is 0. The lowest BCUT2D eigenvalue weighted by molar-refractivity contribution is -0.127. The lowest BCUT2D eigenvalue weighted by Crippen LogP contribution is -2.19. The molecule has 0 unspecified atom stereocenters. The van der Waals surface area contributed by atoms with Gasteiger partial charge in [0.15, 0.2) is 0 Å². The number of methoxy groups -OCH3 is 2. The van der Waals surface area contributed by atoms with Crippen LogP contribution in [0, 0.1) is 5.92 Å². The average molecular weight is 265 g/mol. The number of benzene rings is 1. The van der Waals surface area contributed by atoms with Gasteiger partial charge in [0.1, 0.15) is 17.3 Å². The molecule has 0 saturated carbocycles. The number of nitrogens with one attached hydrogen (secondary N) is 1. The van der Waals surface area contributed by atoms with Gasteiger partial charge in [-0.25, -0.2) is 0 Å². The third kappa shape index (κ3) is 4.28. The molecule has 1 aromatic rings. The Balaban J connectivity index is 2.76. The molecule has 0 atom stereocenters. The number of carbonyl (C=O) groups is 2. The SMILES string of the molecule is COc1ccc(NC(=O)CC(=O)C(C)C)c(OC)c1. The van der Waals surface area contributed by atoms with E-state index in [1.165, 1.54) is 7.11 Å². The van der Waals surface area contributed by atoms with Crippen LogP contribution in [0.15, 0.2) is 18.2 Å². The minimum atomic E-state index is -0.345. The van der Waals surface area contributed by atoms with E-state index in [1.807, 2.05) is 0 Å². The van der Waals surface area contributed by atoms with Crippen LogP contribution in [0.3, 0.4) is 0 Å². The predicted molar refractivity (Wildman–Crippen MR) is 72.6 cm³/mol. The maximum absolute atomic E-state index is 11.7. The number of amides is 1. The van der Waals surface area contributed by atoms with Gasteiger partial charge in [0.05, 0.1) is 26.3 Å². The third-order valence-electron chi connectivity index (χ3n) is 2.66. The van der Waals surface area contributed by atoms with Crippen molar-refractivity contribution in [3.05, 3.63) is 18.2 Å². The molecule has 104 valence electrons. The Hall–Kier alpha value is -2.04. The van der Waals surface area contributed by atoms with Crippen LogP contribution in [0.2, 0.25) is 0 Å². The van der Waals surface area contributed by atoms with Crippen molar-refractivity contribution in [2.45, 2.75) is 20.3 Å². The molecular weight excluding hydrogens is 246 g/mol. The molecule has 0 heterocycles. The first kappa shape index (κ1) is 15.0. The molecule has 0 bridgehead atoms. The van der Waals surface area contributed by atoms with E-state index in [-0.39, 0.29) is 24.0 Å². The number of anilines is 1. The lowest BCUT2D eigenvalue weighted by atomic mass is 10.1. The van der Waals surface area contributed by atoms with Gasteiger partial charge in [-0.3, -0.25) is 9.59 Å². The fraction of sp³-hybridized carbons (Fsp3) is 0.429. The molecule has 19 heavy (non-hydrogen) atoms. The molecule has 0 aromatic heterocycles. The highest BCUT2D eigenvalue weighted by Gasteiger charge is 2.14. The lowest BCUT2D eigenvalue weighted by Gasteiger charge is -2.11. The van der Waals surface area contributed by atoms with Crippen LogP contribution in [-0.2, 0) is 9.59 Å². The number of Topliss-reactive ketones (excluding diaryl/α,β-unsaturated/α-hetero) is 1. The Bertz CT molecular complexity index is 469. The molecule has 1 rings (SSSR count). The molecule has 1 aromatic carbocycles. The van der Waals surface area contributed by atoms with Gasteiger partial charge in [0, 0.05) is 12.0 Å². The van der Waals surface area contributed by atoms with Crippen molar-refractivity contribution in [2.75, 3.05) is 19.5 Å². The normalized spacial score (nSPS) is 10.2. The van der Waals surface area contributed by atoms with Gasteiger partial charge >= 0.3 is 0 Å². The summed E-state index contributed by atoms with van der Waals surface area (Å²) in [5, 5.41) is 2.66. The van der Waals surface area contributed by atoms with Crippen molar-refractivity contribution in [2.24, 2.45) is 5.92 Å². The van der Waals surface area contributed by atoms with E-state index in [4.69, 9.17) is 9.47 Å². The zero-order valence-corrected chi connectivity index (χ0v) is 11.6. The van der Waals surface area contributed by atoms with Crippen molar-refractivity contribution >= 4 is 17.4 Å². The summed E-state index contributed by atoms with van der Waals surface area (Å²) in [7, 11) is 3.05. The summed E-state index contributed by atoms with van der Waals surface area (Å²) in [4.78, 5) is 23.2. The van der Waals surface area contributed by atoms with E-state index in [2.05, 4.69) is 5.32 Å². The Morgan fingerprint density at radius 2 is 1.89 bits per heavy atom. The van der Waals surface area contributed by atoms with E-state index < -0.39 is 0 Å². The number of ketones is 1. The van der Waals surface area contributed by atoms with E-state index >= 15 is 0 Å². The Labute approximate surface area is 112 Å². The highest BCUT2D eigenvalue weighted by molar-refractivity contribution is 6.05. The number of rotatable bonds is 6. The third-order valence-corrected chi connectivity index (χ3v) is 2.66. The Morgan fingerprint density at radius 3 is 2.42 bits per heavy atom. The van der Waals surface area contributed by atoms with E-state index in [1.54, 1.807) is 39.2 Å². The molecule has 1 N–H and O–H groups in total. The second-order valence-corrected chi connectivity index (χ2v) is 4.41. The fourth-order valence-corrected chi connectivity index (χ4v) is 1.46. The monoisotopic (exact) mass is 265 g/mol. The van der Waals surface area contributed by atoms with Crippen LogP contribution in [0.1, 0.15) is 20.3 Å². The molecule has 0 saturated heterocycles. The molecule has 5 nitrogen and oxygen atoms in total.